The van der Waals surface area contributed by atoms with Crippen LogP contribution in [0, 0.1) is 0 Å². The van der Waals surface area contributed by atoms with Crippen molar-refractivity contribution in [1.82, 2.24) is 0 Å². The Morgan fingerprint density at radius 1 is 0.162 bits per heavy atom. The smallest absolute Gasteiger partial charge is 0.195 e. The highest BCUT2D eigenvalue weighted by molar-refractivity contribution is 6.45. The molecule has 14 rings (SSSR count). The van der Waals surface area contributed by atoms with Crippen molar-refractivity contribution < 1.29 is 0 Å². The lowest BCUT2D eigenvalue weighted by atomic mass is 9.71. The molecule has 0 unspecified atom stereocenters. The minimum absolute atomic E-state index is 0.0394. The zero-order valence-electron chi connectivity index (χ0n) is 36.8. The summed E-state index contributed by atoms with van der Waals surface area (Å²) in [5, 5.41) is 9.78. The maximum absolute atomic E-state index is 16.8. The van der Waals surface area contributed by atoms with Gasteiger partial charge in [-0.15, -0.1) is 0 Å². The lowest BCUT2D eigenvalue weighted by Gasteiger charge is -2.30. The van der Waals surface area contributed by atoms with Crippen LogP contribution in [0.1, 0.15) is 0 Å². The van der Waals surface area contributed by atoms with E-state index in [1.165, 1.54) is 0 Å². The van der Waals surface area contributed by atoms with Gasteiger partial charge in [-0.25, -0.2) is 0 Å². The van der Waals surface area contributed by atoms with Crippen LogP contribution < -0.4 is 10.9 Å². The van der Waals surface area contributed by atoms with Gasteiger partial charge in [-0.2, -0.15) is 0 Å². The molecule has 0 aliphatic heterocycles. The molecule has 2 aliphatic rings. The Kier molecular flexibility index (Phi) is 8.32. The van der Waals surface area contributed by atoms with Gasteiger partial charge < -0.3 is 0 Å². The van der Waals surface area contributed by atoms with Gasteiger partial charge in [0.2, 0.25) is 0 Å². The first-order chi connectivity index (χ1) is 33.7. The van der Waals surface area contributed by atoms with Crippen molar-refractivity contribution in [2.24, 2.45) is 0 Å². The predicted molar refractivity (Wildman–Crippen MR) is 287 cm³/mol. The molecular weight excluding hydrogens is 825 g/mol. The van der Waals surface area contributed by atoms with Crippen LogP contribution in [0.3, 0.4) is 0 Å². The summed E-state index contributed by atoms with van der Waals surface area (Å²) in [6.07, 6.45) is 0. The third kappa shape index (κ3) is 5.23. The number of hydrogen-bond donors (Lipinski definition) is 0. The van der Waals surface area contributed by atoms with Gasteiger partial charge in [-0.05, 0) is 88.0 Å². The first-order valence-electron chi connectivity index (χ1n) is 23.3. The third-order valence-electron chi connectivity index (χ3n) is 14.5. The first kappa shape index (κ1) is 38.3. The average molecular weight is 863 g/mol. The van der Waals surface area contributed by atoms with Crippen LogP contribution in [-0.2, 0) is 0 Å². The van der Waals surface area contributed by atoms with Gasteiger partial charge in [0.1, 0.15) is 0 Å². The molecule has 0 bridgehead atoms. The second kappa shape index (κ2) is 14.8. The van der Waals surface area contributed by atoms with E-state index in [4.69, 9.17) is 0 Å². The Balaban J connectivity index is 1.39. The zero-order chi connectivity index (χ0) is 45.0. The van der Waals surface area contributed by atoms with E-state index in [2.05, 4.69) is 206 Å². The number of fused-ring (bicyclic) bond motifs is 6. The minimum Gasteiger partial charge on any atom is -0.289 e. The summed E-state index contributed by atoms with van der Waals surface area (Å²) in [5.41, 5.74) is 13.4. The van der Waals surface area contributed by atoms with Crippen LogP contribution in [0.4, 0.5) is 0 Å². The molecule has 0 spiro atoms. The van der Waals surface area contributed by atoms with Gasteiger partial charge in [0.25, 0.3) is 0 Å². The highest BCUT2D eigenvalue weighted by Gasteiger charge is 2.36. The van der Waals surface area contributed by atoms with Gasteiger partial charge in [-0.1, -0.05) is 231 Å². The van der Waals surface area contributed by atoms with E-state index in [-0.39, 0.29) is 10.9 Å². The number of benzene rings is 14. The first-order valence-corrected chi connectivity index (χ1v) is 23.3. The van der Waals surface area contributed by atoms with Gasteiger partial charge in [0.05, 0.1) is 0 Å². The quantitative estimate of drug-likeness (QED) is 0.123. The van der Waals surface area contributed by atoms with Gasteiger partial charge in [-0.3, -0.25) is 9.59 Å². The molecule has 314 valence electrons. The van der Waals surface area contributed by atoms with Crippen LogP contribution in [0.5, 0.6) is 0 Å². The van der Waals surface area contributed by atoms with E-state index in [9.17, 15) is 0 Å². The largest absolute Gasteiger partial charge is 0.289 e. The maximum atomic E-state index is 16.8. The summed E-state index contributed by atoms with van der Waals surface area (Å²) in [5.74, 6) is 0. The molecule has 0 heterocycles. The molecule has 2 aliphatic carbocycles. The molecule has 0 fully saturated rings. The van der Waals surface area contributed by atoms with Crippen molar-refractivity contribution in [2.45, 2.75) is 0 Å². The summed E-state index contributed by atoms with van der Waals surface area (Å²) >= 11 is 0. The Morgan fingerprint density at radius 2 is 0.368 bits per heavy atom. The summed E-state index contributed by atoms with van der Waals surface area (Å²) in [4.78, 5) is 33.7. The normalized spacial score (nSPS) is 11.9. The molecular formula is C66H38O2. The SMILES string of the molecule is O=c1c2c3c4c(c(-c5ccccc5)c(-c5ccccc5)c(-c5ccccc5)c4c4ccccc24)c(=O)c2c-3c3c1c(-c1ccccc1)c(-c1ccccc1)c(-c1ccccc1)c3c1ccccc21. The summed E-state index contributed by atoms with van der Waals surface area (Å²) < 4.78 is 0. The second-order valence-electron chi connectivity index (χ2n) is 17.9. The van der Waals surface area contributed by atoms with Gasteiger partial charge in [0, 0.05) is 54.6 Å². The van der Waals surface area contributed by atoms with Crippen molar-refractivity contribution in [3.05, 3.63) is 251 Å². The van der Waals surface area contributed by atoms with Crippen molar-refractivity contribution >= 4 is 64.6 Å². The van der Waals surface area contributed by atoms with Crippen LogP contribution in [-0.4, -0.2) is 0 Å². The molecule has 0 N–H and O–H groups in total. The molecule has 0 saturated carbocycles. The molecule has 0 radical (unpaired) electrons. The molecule has 68 heavy (non-hydrogen) atoms. The third-order valence-corrected chi connectivity index (χ3v) is 14.5. The molecule has 2 heteroatoms. The van der Waals surface area contributed by atoms with Crippen molar-refractivity contribution in [1.29, 1.82) is 0 Å². The van der Waals surface area contributed by atoms with Crippen LogP contribution in [0.2, 0.25) is 0 Å². The standard InChI is InChI=1S/C66H38O2/c67-65-57-48-38-22-20-36-46(48)56-52(42-29-13-4-14-30-42)50(40-25-9-2-10-26-40)54(44-33-17-6-18-34-44)64-60(56)62(57)61-58(66(64)68)47-37-21-19-35-45(47)55-51(41-27-11-3-12-28-41)49(39-23-7-1-8-24-39)53(63(65)59(55)61)43-31-15-5-16-32-43/h1-38H. The van der Waals surface area contributed by atoms with E-state index in [0.717, 1.165) is 121 Å². The van der Waals surface area contributed by atoms with E-state index < -0.39 is 0 Å². The van der Waals surface area contributed by atoms with Crippen LogP contribution in [0.15, 0.2) is 240 Å². The average Bonchev–Trinajstić information content (AvgIpc) is 3.41. The molecule has 12 aromatic rings. The molecule has 0 aromatic heterocycles. The van der Waals surface area contributed by atoms with Gasteiger partial charge >= 0.3 is 0 Å². The van der Waals surface area contributed by atoms with E-state index in [1.807, 2.05) is 24.3 Å². The fourth-order valence-corrected chi connectivity index (χ4v) is 11.9. The van der Waals surface area contributed by atoms with E-state index in [0.29, 0.717) is 21.5 Å². The van der Waals surface area contributed by atoms with E-state index >= 15 is 9.59 Å². The fourth-order valence-electron chi connectivity index (χ4n) is 11.9. The van der Waals surface area contributed by atoms with Crippen molar-refractivity contribution in [2.75, 3.05) is 0 Å². The highest BCUT2D eigenvalue weighted by Crippen LogP contribution is 2.59. The summed E-state index contributed by atoms with van der Waals surface area (Å²) in [6, 6.07) is 79.8. The monoisotopic (exact) mass is 862 g/mol. The Labute approximate surface area is 391 Å². The number of rotatable bonds is 6. The Bertz CT molecular complexity index is 4060. The second-order valence-corrected chi connectivity index (χ2v) is 17.9. The number of hydrogen-bond acceptors (Lipinski definition) is 2. The lowest BCUT2D eigenvalue weighted by molar-refractivity contribution is 1.58. The van der Waals surface area contributed by atoms with Crippen molar-refractivity contribution in [3.8, 4) is 77.9 Å². The molecule has 12 aromatic carbocycles. The van der Waals surface area contributed by atoms with Crippen LogP contribution in [0.25, 0.3) is 143 Å². The van der Waals surface area contributed by atoms with Gasteiger partial charge in [0.15, 0.2) is 10.9 Å². The Hall–Kier alpha value is -8.98. The molecule has 0 amide bonds. The fraction of sp³-hybridized carbons (Fsp3) is 0. The van der Waals surface area contributed by atoms with Crippen molar-refractivity contribution in [3.63, 3.8) is 0 Å². The topological polar surface area (TPSA) is 34.1 Å². The summed E-state index contributed by atoms with van der Waals surface area (Å²) in [7, 11) is 0. The molecule has 0 saturated heterocycles. The maximum Gasteiger partial charge on any atom is 0.195 e. The highest BCUT2D eigenvalue weighted by atomic mass is 16.1. The van der Waals surface area contributed by atoms with Crippen LogP contribution >= 0.6 is 0 Å². The lowest BCUT2D eigenvalue weighted by Crippen LogP contribution is -2.17. The Morgan fingerprint density at radius 3 is 0.632 bits per heavy atom. The predicted octanol–water partition coefficient (Wildman–Crippen LogP) is 16.7. The molecule has 0 atom stereocenters. The van der Waals surface area contributed by atoms with E-state index in [1.54, 1.807) is 0 Å². The summed E-state index contributed by atoms with van der Waals surface area (Å²) in [6.45, 7) is 0. The zero-order valence-corrected chi connectivity index (χ0v) is 36.8. The molecule has 2 nitrogen and oxygen atoms in total. The minimum atomic E-state index is -0.0394.